The first kappa shape index (κ1) is 32.0. The van der Waals surface area contributed by atoms with Crippen molar-refractivity contribution in [1.29, 1.82) is 0 Å². The normalized spacial score (nSPS) is 16.7. The van der Waals surface area contributed by atoms with Crippen molar-refractivity contribution in [2.45, 2.75) is 18.3 Å². The largest absolute Gasteiger partial charge is 0.367 e. The molecular formula is C52H37N5. The van der Waals surface area contributed by atoms with Gasteiger partial charge in [-0.15, -0.1) is 0 Å². The van der Waals surface area contributed by atoms with Crippen LogP contribution in [0.2, 0.25) is 0 Å². The molecule has 2 aliphatic carbocycles. The average Bonchev–Trinajstić information content (AvgIpc) is 3.92. The Morgan fingerprint density at radius 1 is 0.579 bits per heavy atom. The number of allylic oxidation sites excluding steroid dienone is 4. The molecule has 1 N–H and O–H groups in total. The van der Waals surface area contributed by atoms with E-state index < -0.39 is 5.41 Å². The Bertz CT molecular complexity index is 3160. The average molecular weight is 732 g/mol. The van der Waals surface area contributed by atoms with Gasteiger partial charge in [0.1, 0.15) is 17.1 Å². The van der Waals surface area contributed by atoms with E-state index in [-0.39, 0.29) is 0 Å². The Morgan fingerprint density at radius 2 is 1.28 bits per heavy atom. The summed E-state index contributed by atoms with van der Waals surface area (Å²) in [5, 5.41) is 7.11. The molecule has 0 fully saturated rings. The van der Waals surface area contributed by atoms with Crippen LogP contribution >= 0.6 is 0 Å². The van der Waals surface area contributed by atoms with Gasteiger partial charge >= 0.3 is 0 Å². The second-order valence-electron chi connectivity index (χ2n) is 15.3. The van der Waals surface area contributed by atoms with Crippen LogP contribution in [-0.2, 0) is 5.41 Å². The second kappa shape index (κ2) is 12.4. The van der Waals surface area contributed by atoms with Crippen LogP contribution in [0.25, 0.3) is 72.7 Å². The molecule has 3 aliphatic rings. The molecule has 0 radical (unpaired) electrons. The molecule has 0 amide bonds. The Kier molecular flexibility index (Phi) is 6.96. The smallest absolute Gasteiger partial charge is 0.146 e. The summed E-state index contributed by atoms with van der Waals surface area (Å²) < 4.78 is 4.64. The SMILES string of the molecule is C1=CCCC(C2(c3ccccc3)c3ccccc3-c3c2ccc2c4cccnc4n(-c4ccc(-c5ccc(-n6c7c(c8cccnc86)C=CCN7)cc5)cc4)c32)=C1. The van der Waals surface area contributed by atoms with Gasteiger partial charge in [-0.3, -0.25) is 9.13 Å². The maximum atomic E-state index is 5.05. The fourth-order valence-electron chi connectivity index (χ4n) is 10.1. The molecule has 0 bridgehead atoms. The van der Waals surface area contributed by atoms with Crippen molar-refractivity contribution in [1.82, 2.24) is 19.1 Å². The summed E-state index contributed by atoms with van der Waals surface area (Å²) in [7, 11) is 0. The molecule has 5 nitrogen and oxygen atoms in total. The Morgan fingerprint density at radius 3 is 2.04 bits per heavy atom. The number of fused-ring (bicyclic) bond motifs is 10. The molecule has 5 heteroatoms. The third-order valence-corrected chi connectivity index (χ3v) is 12.4. The van der Waals surface area contributed by atoms with E-state index in [4.69, 9.17) is 9.97 Å². The van der Waals surface area contributed by atoms with Crippen LogP contribution in [0.5, 0.6) is 0 Å². The van der Waals surface area contributed by atoms with Crippen molar-refractivity contribution in [2.24, 2.45) is 0 Å². The van der Waals surface area contributed by atoms with Crippen LogP contribution < -0.4 is 5.32 Å². The summed E-state index contributed by atoms with van der Waals surface area (Å²) in [6, 6.07) is 51.2. The predicted octanol–water partition coefficient (Wildman–Crippen LogP) is 12.2. The van der Waals surface area contributed by atoms with Gasteiger partial charge in [-0.25, -0.2) is 9.97 Å². The van der Waals surface area contributed by atoms with Gasteiger partial charge in [0, 0.05) is 57.6 Å². The zero-order valence-electron chi connectivity index (χ0n) is 31.2. The quantitative estimate of drug-likeness (QED) is 0.192. The lowest BCUT2D eigenvalue weighted by Gasteiger charge is -2.36. The van der Waals surface area contributed by atoms with Crippen LogP contribution in [0.4, 0.5) is 5.82 Å². The molecule has 270 valence electrons. The standard InChI is InChI=1S/C52H37N5/c1-3-12-36(13-4-1)52(37-14-5-2-6-15-37)45-20-8-7-16-44(45)47-46(52)30-29-40-41-17-9-31-53-49(41)56(48(40)47)38-25-21-34(22-26-38)35-23-27-39(28-24-35)57-50-42(18-10-32-54-50)43-19-11-33-55-51(43)57/h1-5,7-14,16-32,55H,6,15,33H2. The number of hydrogen-bond acceptors (Lipinski definition) is 3. The molecule has 9 aromatic rings. The maximum Gasteiger partial charge on any atom is 0.146 e. The fraction of sp³-hybridized carbons (Fsp3) is 0.0769. The highest BCUT2D eigenvalue weighted by atomic mass is 15.2. The predicted molar refractivity (Wildman–Crippen MR) is 234 cm³/mol. The van der Waals surface area contributed by atoms with Gasteiger partial charge in [-0.05, 0) is 94.8 Å². The molecule has 57 heavy (non-hydrogen) atoms. The monoisotopic (exact) mass is 731 g/mol. The van der Waals surface area contributed by atoms with Gasteiger partial charge < -0.3 is 5.32 Å². The number of hydrogen-bond donors (Lipinski definition) is 1. The van der Waals surface area contributed by atoms with E-state index in [2.05, 4.69) is 178 Å². The highest BCUT2D eigenvalue weighted by Gasteiger charge is 2.48. The molecular weight excluding hydrogens is 695 g/mol. The molecule has 5 aromatic carbocycles. The molecule has 0 saturated heterocycles. The number of aromatic nitrogens is 4. The second-order valence-corrected chi connectivity index (χ2v) is 15.3. The van der Waals surface area contributed by atoms with Crippen LogP contribution in [0.1, 0.15) is 35.1 Å². The van der Waals surface area contributed by atoms with E-state index in [0.717, 1.165) is 69.8 Å². The Labute approximate surface area is 330 Å². The van der Waals surface area contributed by atoms with Gasteiger partial charge in [0.05, 0.1) is 10.9 Å². The van der Waals surface area contributed by atoms with Crippen LogP contribution in [-0.4, -0.2) is 25.6 Å². The molecule has 1 atom stereocenters. The summed E-state index contributed by atoms with van der Waals surface area (Å²) in [5.74, 6) is 1.09. The third kappa shape index (κ3) is 4.51. The summed E-state index contributed by atoms with van der Waals surface area (Å²) in [4.78, 5) is 9.83. The maximum absolute atomic E-state index is 5.05. The molecule has 4 aromatic heterocycles. The van der Waals surface area contributed by atoms with Crippen molar-refractivity contribution in [3.8, 4) is 33.6 Å². The van der Waals surface area contributed by atoms with Gasteiger partial charge in [-0.1, -0.05) is 127 Å². The lowest BCUT2D eigenvalue weighted by atomic mass is 9.65. The van der Waals surface area contributed by atoms with E-state index >= 15 is 0 Å². The van der Waals surface area contributed by atoms with Crippen molar-refractivity contribution in [3.05, 3.63) is 204 Å². The van der Waals surface area contributed by atoms with Gasteiger partial charge in [0.15, 0.2) is 0 Å². The number of nitrogens with one attached hydrogen (secondary N) is 1. The minimum atomic E-state index is -0.397. The minimum Gasteiger partial charge on any atom is -0.367 e. The molecule has 5 heterocycles. The Balaban J connectivity index is 1.02. The first-order valence-corrected chi connectivity index (χ1v) is 19.9. The highest BCUT2D eigenvalue weighted by Crippen LogP contribution is 2.59. The first-order chi connectivity index (χ1) is 28.3. The van der Waals surface area contributed by atoms with E-state index in [0.29, 0.717) is 0 Å². The van der Waals surface area contributed by atoms with Crippen LogP contribution in [0.15, 0.2) is 182 Å². The minimum absolute atomic E-state index is 0.397. The van der Waals surface area contributed by atoms with Crippen molar-refractivity contribution >= 4 is 44.9 Å². The van der Waals surface area contributed by atoms with Crippen LogP contribution in [0.3, 0.4) is 0 Å². The Hall–Kier alpha value is -7.24. The van der Waals surface area contributed by atoms with Crippen molar-refractivity contribution in [2.75, 3.05) is 11.9 Å². The van der Waals surface area contributed by atoms with E-state index in [1.165, 1.54) is 49.9 Å². The lowest BCUT2D eigenvalue weighted by Crippen LogP contribution is -2.30. The topological polar surface area (TPSA) is 47.7 Å². The highest BCUT2D eigenvalue weighted by molar-refractivity contribution is 6.15. The van der Waals surface area contributed by atoms with E-state index in [9.17, 15) is 0 Å². The number of benzene rings is 5. The molecule has 12 rings (SSSR count). The van der Waals surface area contributed by atoms with Gasteiger partial charge in [-0.2, -0.15) is 0 Å². The van der Waals surface area contributed by atoms with Crippen LogP contribution in [0, 0.1) is 0 Å². The summed E-state index contributed by atoms with van der Waals surface area (Å²) in [5.41, 5.74) is 16.4. The summed E-state index contributed by atoms with van der Waals surface area (Å²) in [6.45, 7) is 0.800. The zero-order chi connectivity index (χ0) is 37.5. The lowest BCUT2D eigenvalue weighted by molar-refractivity contribution is 0.693. The first-order valence-electron chi connectivity index (χ1n) is 19.9. The number of nitrogens with zero attached hydrogens (tertiary/aromatic N) is 4. The fourth-order valence-corrected chi connectivity index (χ4v) is 10.1. The number of anilines is 1. The van der Waals surface area contributed by atoms with Gasteiger partial charge in [0.2, 0.25) is 0 Å². The molecule has 0 spiro atoms. The van der Waals surface area contributed by atoms with Gasteiger partial charge in [0.25, 0.3) is 0 Å². The zero-order valence-corrected chi connectivity index (χ0v) is 31.2. The molecule has 1 unspecified atom stereocenters. The summed E-state index contributed by atoms with van der Waals surface area (Å²) >= 11 is 0. The third-order valence-electron chi connectivity index (χ3n) is 12.4. The van der Waals surface area contributed by atoms with Crippen molar-refractivity contribution in [3.63, 3.8) is 0 Å². The number of pyridine rings is 2. The van der Waals surface area contributed by atoms with E-state index in [1.54, 1.807) is 0 Å². The van der Waals surface area contributed by atoms with E-state index in [1.807, 2.05) is 18.5 Å². The molecule has 1 aliphatic heterocycles. The van der Waals surface area contributed by atoms with Crippen molar-refractivity contribution < 1.29 is 0 Å². The summed E-state index contributed by atoms with van der Waals surface area (Å²) in [6.07, 6.45) is 17.1. The number of rotatable bonds is 5. The molecule has 0 saturated carbocycles.